The first kappa shape index (κ1) is 10.6. The minimum Gasteiger partial charge on any atom is -0.490 e. The van der Waals surface area contributed by atoms with Gasteiger partial charge in [-0.15, -0.1) is 0 Å². The van der Waals surface area contributed by atoms with Crippen LogP contribution in [-0.2, 0) is 0 Å². The summed E-state index contributed by atoms with van der Waals surface area (Å²) in [5.41, 5.74) is 2.02. The van der Waals surface area contributed by atoms with E-state index in [1.807, 2.05) is 19.1 Å². The van der Waals surface area contributed by atoms with Gasteiger partial charge < -0.3 is 10.1 Å². The molecule has 1 atom stereocenters. The number of hydrogen-bond acceptors (Lipinski definition) is 3. The molecule has 3 rings (SSSR count). The van der Waals surface area contributed by atoms with Gasteiger partial charge in [-0.2, -0.15) is 5.10 Å². The van der Waals surface area contributed by atoms with Gasteiger partial charge in [0.1, 0.15) is 17.9 Å². The van der Waals surface area contributed by atoms with Crippen LogP contribution in [0.2, 0.25) is 0 Å². The van der Waals surface area contributed by atoms with Crippen molar-refractivity contribution < 1.29 is 4.74 Å². The second-order valence-corrected chi connectivity index (χ2v) is 4.61. The van der Waals surface area contributed by atoms with Crippen molar-refractivity contribution in [2.24, 2.45) is 0 Å². The van der Waals surface area contributed by atoms with E-state index in [1.54, 1.807) is 0 Å². The van der Waals surface area contributed by atoms with Crippen LogP contribution in [0.25, 0.3) is 10.9 Å². The lowest BCUT2D eigenvalue weighted by Crippen LogP contribution is -2.28. The molecule has 4 heteroatoms. The minimum absolute atomic E-state index is 0.491. The summed E-state index contributed by atoms with van der Waals surface area (Å²) in [6.07, 6.45) is 2.45. The molecule has 0 bridgehead atoms. The minimum atomic E-state index is 0.491. The maximum atomic E-state index is 5.87. The van der Waals surface area contributed by atoms with E-state index in [0.717, 1.165) is 35.5 Å². The number of aromatic amines is 1. The van der Waals surface area contributed by atoms with Crippen LogP contribution in [-0.4, -0.2) is 29.4 Å². The number of hydrogen-bond donors (Lipinski definition) is 2. The van der Waals surface area contributed by atoms with Crippen molar-refractivity contribution in [1.82, 2.24) is 15.5 Å². The van der Waals surface area contributed by atoms with Gasteiger partial charge in [-0.1, -0.05) is 12.1 Å². The third-order valence-corrected chi connectivity index (χ3v) is 3.34. The molecule has 0 amide bonds. The lowest BCUT2D eigenvalue weighted by molar-refractivity contribution is 0.280. The fourth-order valence-corrected chi connectivity index (χ4v) is 2.35. The Morgan fingerprint density at radius 3 is 3.24 bits per heavy atom. The Kier molecular flexibility index (Phi) is 2.73. The third-order valence-electron chi connectivity index (χ3n) is 3.34. The lowest BCUT2D eigenvalue weighted by Gasteiger charge is -2.12. The number of aryl methyl sites for hydroxylation is 1. The zero-order chi connectivity index (χ0) is 11.7. The largest absolute Gasteiger partial charge is 0.490 e. The first-order chi connectivity index (χ1) is 8.34. The molecule has 1 aromatic carbocycles. The van der Waals surface area contributed by atoms with Crippen LogP contribution in [0.5, 0.6) is 5.75 Å². The van der Waals surface area contributed by atoms with E-state index in [0.29, 0.717) is 6.04 Å². The van der Waals surface area contributed by atoms with Crippen molar-refractivity contribution in [1.29, 1.82) is 0 Å². The molecule has 17 heavy (non-hydrogen) atoms. The number of benzene rings is 1. The van der Waals surface area contributed by atoms with Crippen LogP contribution >= 0.6 is 0 Å². The Morgan fingerprint density at radius 1 is 1.47 bits per heavy atom. The molecule has 2 N–H and O–H groups in total. The zero-order valence-corrected chi connectivity index (χ0v) is 9.99. The predicted octanol–water partition coefficient (Wildman–Crippen LogP) is 2.00. The molecule has 1 saturated heterocycles. The van der Waals surface area contributed by atoms with Gasteiger partial charge in [0.2, 0.25) is 0 Å². The molecule has 2 heterocycles. The van der Waals surface area contributed by atoms with E-state index in [2.05, 4.69) is 21.6 Å². The molecule has 1 aliphatic heterocycles. The van der Waals surface area contributed by atoms with Crippen LogP contribution in [0, 0.1) is 6.92 Å². The summed E-state index contributed by atoms with van der Waals surface area (Å²) in [4.78, 5) is 0. The molecule has 0 radical (unpaired) electrons. The summed E-state index contributed by atoms with van der Waals surface area (Å²) in [6, 6.07) is 6.56. The average Bonchev–Trinajstić information content (AvgIpc) is 2.97. The zero-order valence-electron chi connectivity index (χ0n) is 9.99. The lowest BCUT2D eigenvalue weighted by atomic mass is 10.2. The van der Waals surface area contributed by atoms with Crippen molar-refractivity contribution >= 4 is 10.9 Å². The molecule has 90 valence electrons. The average molecular weight is 231 g/mol. The summed E-state index contributed by atoms with van der Waals surface area (Å²) in [7, 11) is 0. The van der Waals surface area contributed by atoms with Gasteiger partial charge in [0, 0.05) is 17.1 Å². The van der Waals surface area contributed by atoms with E-state index >= 15 is 0 Å². The maximum absolute atomic E-state index is 5.87. The van der Waals surface area contributed by atoms with Crippen molar-refractivity contribution in [3.05, 3.63) is 23.9 Å². The second kappa shape index (κ2) is 4.37. The van der Waals surface area contributed by atoms with Crippen LogP contribution in [0.1, 0.15) is 18.5 Å². The topological polar surface area (TPSA) is 49.9 Å². The standard InChI is InChI=1S/C13H17N3O/c1-9-11-5-2-6-12(13(11)16-15-9)17-8-10-4-3-7-14-10/h2,5-6,10,14H,3-4,7-8H2,1H3,(H,15,16). The molecule has 0 saturated carbocycles. The maximum Gasteiger partial charge on any atom is 0.147 e. The van der Waals surface area contributed by atoms with Crippen molar-refractivity contribution in [3.8, 4) is 5.75 Å². The molecule has 0 spiro atoms. The molecular formula is C13H17N3O. The number of para-hydroxylation sites is 1. The highest BCUT2D eigenvalue weighted by Gasteiger charge is 2.15. The van der Waals surface area contributed by atoms with Gasteiger partial charge in [0.05, 0.1) is 0 Å². The summed E-state index contributed by atoms with van der Waals surface area (Å²) in [6.45, 7) is 3.86. The molecule has 2 aromatic rings. The smallest absolute Gasteiger partial charge is 0.147 e. The van der Waals surface area contributed by atoms with E-state index in [9.17, 15) is 0 Å². The molecule has 1 unspecified atom stereocenters. The normalized spacial score (nSPS) is 19.9. The fraction of sp³-hybridized carbons (Fsp3) is 0.462. The number of fused-ring (bicyclic) bond motifs is 1. The van der Waals surface area contributed by atoms with E-state index in [4.69, 9.17) is 4.74 Å². The Labute approximate surface area is 100 Å². The summed E-state index contributed by atoms with van der Waals surface area (Å²) in [5, 5.41) is 11.9. The SMILES string of the molecule is Cc1[nH]nc2c(OCC3CCCN3)cccc12. The second-order valence-electron chi connectivity index (χ2n) is 4.61. The van der Waals surface area contributed by atoms with E-state index < -0.39 is 0 Å². The number of nitrogens with one attached hydrogen (secondary N) is 2. The first-order valence-corrected chi connectivity index (χ1v) is 6.14. The van der Waals surface area contributed by atoms with E-state index in [1.165, 1.54) is 12.8 Å². The molecule has 0 aliphatic carbocycles. The van der Waals surface area contributed by atoms with Crippen molar-refractivity contribution in [2.45, 2.75) is 25.8 Å². The Hall–Kier alpha value is -1.55. The number of H-pyrrole nitrogens is 1. The van der Waals surface area contributed by atoms with Gasteiger partial charge in [-0.05, 0) is 32.4 Å². The Bertz CT molecular complexity index is 514. The third kappa shape index (κ3) is 2.00. The number of aromatic nitrogens is 2. The molecule has 1 aromatic heterocycles. The Morgan fingerprint density at radius 2 is 2.41 bits per heavy atom. The molecule has 1 aliphatic rings. The Balaban J connectivity index is 1.79. The van der Waals surface area contributed by atoms with Crippen molar-refractivity contribution in [3.63, 3.8) is 0 Å². The van der Waals surface area contributed by atoms with Crippen LogP contribution in [0.4, 0.5) is 0 Å². The molecular weight excluding hydrogens is 214 g/mol. The van der Waals surface area contributed by atoms with Gasteiger partial charge >= 0.3 is 0 Å². The highest BCUT2D eigenvalue weighted by molar-refractivity contribution is 5.86. The first-order valence-electron chi connectivity index (χ1n) is 6.14. The molecule has 4 nitrogen and oxygen atoms in total. The van der Waals surface area contributed by atoms with Crippen LogP contribution < -0.4 is 10.1 Å². The summed E-state index contributed by atoms with van der Waals surface area (Å²) >= 11 is 0. The van der Waals surface area contributed by atoms with Gasteiger partial charge in [0.15, 0.2) is 0 Å². The van der Waals surface area contributed by atoms with Gasteiger partial charge in [-0.25, -0.2) is 0 Å². The fourth-order valence-electron chi connectivity index (χ4n) is 2.35. The number of rotatable bonds is 3. The number of nitrogens with zero attached hydrogens (tertiary/aromatic N) is 1. The van der Waals surface area contributed by atoms with Gasteiger partial charge in [0.25, 0.3) is 0 Å². The quantitative estimate of drug-likeness (QED) is 0.849. The highest BCUT2D eigenvalue weighted by atomic mass is 16.5. The van der Waals surface area contributed by atoms with Crippen LogP contribution in [0.3, 0.4) is 0 Å². The predicted molar refractivity (Wildman–Crippen MR) is 67.4 cm³/mol. The van der Waals surface area contributed by atoms with Crippen molar-refractivity contribution in [2.75, 3.05) is 13.2 Å². The van der Waals surface area contributed by atoms with E-state index in [-0.39, 0.29) is 0 Å². The monoisotopic (exact) mass is 231 g/mol. The summed E-state index contributed by atoms with van der Waals surface area (Å²) in [5.74, 6) is 0.876. The van der Waals surface area contributed by atoms with Crippen LogP contribution in [0.15, 0.2) is 18.2 Å². The highest BCUT2D eigenvalue weighted by Crippen LogP contribution is 2.25. The van der Waals surface area contributed by atoms with Gasteiger partial charge in [-0.3, -0.25) is 5.10 Å². The summed E-state index contributed by atoms with van der Waals surface area (Å²) < 4.78 is 5.87. The number of ether oxygens (including phenoxy) is 1. The molecule has 1 fully saturated rings.